The predicted octanol–water partition coefficient (Wildman–Crippen LogP) is 4.72. The molecule has 1 aromatic heterocycles. The molecule has 0 aliphatic heterocycles. The van der Waals surface area contributed by atoms with Gasteiger partial charge in [0, 0.05) is 23.6 Å². The number of allylic oxidation sites excluding steroid dienone is 1. The van der Waals surface area contributed by atoms with Crippen LogP contribution in [0, 0.1) is 0 Å². The van der Waals surface area contributed by atoms with Crippen LogP contribution in [-0.2, 0) is 0 Å². The second-order valence-corrected chi connectivity index (χ2v) is 4.71. The van der Waals surface area contributed by atoms with Crippen molar-refractivity contribution in [3.8, 4) is 0 Å². The summed E-state index contributed by atoms with van der Waals surface area (Å²) in [6.07, 6.45) is 11.1. The van der Waals surface area contributed by atoms with Gasteiger partial charge in [-0.15, -0.1) is 0 Å². The summed E-state index contributed by atoms with van der Waals surface area (Å²) in [6.45, 7) is 2.21. The topological polar surface area (TPSA) is 17.8 Å². The van der Waals surface area contributed by atoms with Crippen LogP contribution < -0.4 is 0 Å². The van der Waals surface area contributed by atoms with Crippen molar-refractivity contribution in [3.63, 3.8) is 0 Å². The van der Waals surface area contributed by atoms with Gasteiger partial charge in [0.2, 0.25) is 0 Å². The Bertz CT molecular complexity index is 498. The second kappa shape index (κ2) is 6.41. The number of unbranched alkanes of at least 4 members (excludes halogenated alkanes) is 1. The van der Waals surface area contributed by atoms with Crippen molar-refractivity contribution in [1.82, 2.24) is 9.55 Å². The van der Waals surface area contributed by atoms with Crippen molar-refractivity contribution in [2.24, 2.45) is 0 Å². The molecule has 0 atom stereocenters. The fraction of sp³-hybridized carbons (Fsp3) is 0.267. The van der Waals surface area contributed by atoms with E-state index in [1.54, 1.807) is 6.20 Å². The first kappa shape index (κ1) is 12.9. The Morgan fingerprint density at radius 1 is 1.33 bits per heavy atom. The lowest BCUT2D eigenvalue weighted by Crippen LogP contribution is -1.89. The summed E-state index contributed by atoms with van der Waals surface area (Å²) in [6, 6.07) is 8.01. The van der Waals surface area contributed by atoms with E-state index in [4.69, 9.17) is 11.6 Å². The SMILES string of the molecule is CCCCC(=Cn1ccnc1)c1ccc(Cl)cc1. The summed E-state index contributed by atoms with van der Waals surface area (Å²) in [5, 5.41) is 0.774. The number of rotatable bonds is 5. The van der Waals surface area contributed by atoms with E-state index in [-0.39, 0.29) is 0 Å². The first-order valence-corrected chi connectivity index (χ1v) is 6.61. The number of hydrogen-bond donors (Lipinski definition) is 0. The van der Waals surface area contributed by atoms with Gasteiger partial charge in [-0.25, -0.2) is 4.98 Å². The van der Waals surface area contributed by atoms with Crippen LogP contribution in [0.3, 0.4) is 0 Å². The summed E-state index contributed by atoms with van der Waals surface area (Å²) in [5.74, 6) is 0. The molecule has 1 heterocycles. The molecule has 0 saturated carbocycles. The van der Waals surface area contributed by atoms with Crippen LogP contribution >= 0.6 is 11.6 Å². The van der Waals surface area contributed by atoms with Gasteiger partial charge in [-0.05, 0) is 36.1 Å². The van der Waals surface area contributed by atoms with Crippen molar-refractivity contribution < 1.29 is 0 Å². The summed E-state index contributed by atoms with van der Waals surface area (Å²) >= 11 is 5.93. The number of aromatic nitrogens is 2. The van der Waals surface area contributed by atoms with Crippen LogP contribution in [0.2, 0.25) is 5.02 Å². The molecule has 0 spiro atoms. The van der Waals surface area contributed by atoms with Gasteiger partial charge >= 0.3 is 0 Å². The van der Waals surface area contributed by atoms with Crippen LogP contribution in [0.15, 0.2) is 43.0 Å². The molecule has 0 aliphatic carbocycles. The zero-order valence-corrected chi connectivity index (χ0v) is 11.3. The standard InChI is InChI=1S/C15H17ClN2/c1-2-3-4-14(11-18-10-9-17-12-18)13-5-7-15(16)8-6-13/h5-12H,2-4H2,1H3. The third-order valence-corrected chi connectivity index (χ3v) is 3.10. The molecule has 2 nitrogen and oxygen atoms in total. The van der Waals surface area contributed by atoms with Gasteiger partial charge in [-0.3, -0.25) is 0 Å². The van der Waals surface area contributed by atoms with Crippen molar-refractivity contribution in [1.29, 1.82) is 0 Å². The van der Waals surface area contributed by atoms with E-state index in [9.17, 15) is 0 Å². The Morgan fingerprint density at radius 3 is 2.72 bits per heavy atom. The summed E-state index contributed by atoms with van der Waals surface area (Å²) < 4.78 is 1.99. The van der Waals surface area contributed by atoms with Crippen molar-refractivity contribution in [2.45, 2.75) is 26.2 Å². The molecule has 2 aromatic rings. The highest BCUT2D eigenvalue weighted by Crippen LogP contribution is 2.23. The van der Waals surface area contributed by atoms with Crippen LogP contribution in [0.5, 0.6) is 0 Å². The van der Waals surface area contributed by atoms with Crippen LogP contribution in [0.25, 0.3) is 11.8 Å². The quantitative estimate of drug-likeness (QED) is 0.760. The van der Waals surface area contributed by atoms with Crippen LogP contribution in [-0.4, -0.2) is 9.55 Å². The lowest BCUT2D eigenvalue weighted by molar-refractivity contribution is 0.824. The Balaban J connectivity index is 2.27. The molecule has 94 valence electrons. The number of nitrogens with zero attached hydrogens (tertiary/aromatic N) is 2. The molecule has 0 saturated heterocycles. The number of halogens is 1. The summed E-state index contributed by atoms with van der Waals surface area (Å²) in [7, 11) is 0. The summed E-state index contributed by atoms with van der Waals surface area (Å²) in [5.41, 5.74) is 2.54. The van der Waals surface area contributed by atoms with Gasteiger partial charge in [0.25, 0.3) is 0 Å². The van der Waals surface area contributed by atoms with Crippen LogP contribution in [0.1, 0.15) is 31.7 Å². The molecule has 18 heavy (non-hydrogen) atoms. The molecule has 0 radical (unpaired) electrons. The minimum atomic E-state index is 0.774. The molecular weight excluding hydrogens is 244 g/mol. The summed E-state index contributed by atoms with van der Waals surface area (Å²) in [4.78, 5) is 4.06. The fourth-order valence-electron chi connectivity index (χ4n) is 1.84. The van der Waals surface area contributed by atoms with Crippen LogP contribution in [0.4, 0.5) is 0 Å². The van der Waals surface area contributed by atoms with E-state index in [2.05, 4.69) is 30.2 Å². The minimum absolute atomic E-state index is 0.774. The average Bonchev–Trinajstić information content (AvgIpc) is 2.88. The molecule has 0 aliphatic rings. The van der Waals surface area contributed by atoms with E-state index < -0.39 is 0 Å². The maximum absolute atomic E-state index is 5.93. The van der Waals surface area contributed by atoms with Crippen molar-refractivity contribution in [3.05, 3.63) is 53.6 Å². The first-order chi connectivity index (χ1) is 8.79. The predicted molar refractivity (Wildman–Crippen MR) is 77.4 cm³/mol. The van der Waals surface area contributed by atoms with Gasteiger partial charge in [-0.1, -0.05) is 37.1 Å². The van der Waals surface area contributed by atoms with Gasteiger partial charge in [0.1, 0.15) is 0 Å². The largest absolute Gasteiger partial charge is 0.313 e. The number of benzene rings is 1. The lowest BCUT2D eigenvalue weighted by atomic mass is 10.0. The van der Waals surface area contributed by atoms with Gasteiger partial charge in [-0.2, -0.15) is 0 Å². The first-order valence-electron chi connectivity index (χ1n) is 6.23. The molecule has 1 aromatic carbocycles. The highest BCUT2D eigenvalue weighted by Gasteiger charge is 2.02. The highest BCUT2D eigenvalue weighted by atomic mass is 35.5. The smallest absolute Gasteiger partial charge is 0.0986 e. The maximum atomic E-state index is 5.93. The van der Waals surface area contributed by atoms with Gasteiger partial charge < -0.3 is 4.57 Å². The van der Waals surface area contributed by atoms with E-state index in [0.717, 1.165) is 11.4 Å². The minimum Gasteiger partial charge on any atom is -0.313 e. The van der Waals surface area contributed by atoms with E-state index >= 15 is 0 Å². The van der Waals surface area contributed by atoms with Gasteiger partial charge in [0.05, 0.1) is 6.33 Å². The third kappa shape index (κ3) is 3.47. The molecular formula is C15H17ClN2. The van der Waals surface area contributed by atoms with Gasteiger partial charge in [0.15, 0.2) is 0 Å². The van der Waals surface area contributed by atoms with Crippen molar-refractivity contribution in [2.75, 3.05) is 0 Å². The van der Waals surface area contributed by atoms with Crippen molar-refractivity contribution >= 4 is 23.4 Å². The molecule has 0 bridgehead atoms. The Hall–Kier alpha value is -1.54. The molecule has 3 heteroatoms. The Kier molecular flexibility index (Phi) is 4.59. The normalized spacial score (nSPS) is 11.8. The zero-order chi connectivity index (χ0) is 12.8. The van der Waals surface area contributed by atoms with E-state index in [1.165, 1.54) is 24.0 Å². The molecule has 2 rings (SSSR count). The Morgan fingerprint density at radius 2 is 2.11 bits per heavy atom. The Labute approximate surface area is 113 Å². The fourth-order valence-corrected chi connectivity index (χ4v) is 1.97. The molecule has 0 N–H and O–H groups in total. The zero-order valence-electron chi connectivity index (χ0n) is 10.5. The number of hydrogen-bond acceptors (Lipinski definition) is 1. The van der Waals surface area contributed by atoms with E-state index in [0.29, 0.717) is 0 Å². The molecule has 0 fully saturated rings. The highest BCUT2D eigenvalue weighted by molar-refractivity contribution is 6.30. The molecule has 0 unspecified atom stereocenters. The average molecular weight is 261 g/mol. The monoisotopic (exact) mass is 260 g/mol. The second-order valence-electron chi connectivity index (χ2n) is 4.27. The number of imidazole rings is 1. The maximum Gasteiger partial charge on any atom is 0.0986 e. The third-order valence-electron chi connectivity index (χ3n) is 2.84. The van der Waals surface area contributed by atoms with E-state index in [1.807, 2.05) is 29.2 Å². The lowest BCUT2D eigenvalue weighted by Gasteiger charge is -2.08. The molecule has 0 amide bonds.